The molecule has 2 heterocycles. The summed E-state index contributed by atoms with van der Waals surface area (Å²) in [5, 5.41) is 13.5. The molecule has 4 rings (SSSR count). The lowest BCUT2D eigenvalue weighted by Gasteiger charge is -2.13. The summed E-state index contributed by atoms with van der Waals surface area (Å²) in [6, 6.07) is 17.3. The van der Waals surface area contributed by atoms with E-state index in [0.717, 1.165) is 30.5 Å². The molecule has 154 valence electrons. The van der Waals surface area contributed by atoms with Gasteiger partial charge in [-0.15, -0.1) is 5.10 Å². The van der Waals surface area contributed by atoms with Gasteiger partial charge < -0.3 is 0 Å². The van der Waals surface area contributed by atoms with Crippen molar-refractivity contribution in [2.75, 3.05) is 0 Å². The van der Waals surface area contributed by atoms with Crippen molar-refractivity contribution in [3.8, 4) is 5.69 Å². The van der Waals surface area contributed by atoms with Crippen LogP contribution in [0.5, 0.6) is 0 Å². The van der Waals surface area contributed by atoms with Crippen molar-refractivity contribution in [2.45, 2.75) is 50.1 Å². The molecule has 0 radical (unpaired) electrons. The monoisotopic (exact) mass is 420 g/mol. The number of unbranched alkanes of at least 4 members (excludes halogenated alkanes) is 3. The van der Waals surface area contributed by atoms with E-state index in [0.29, 0.717) is 28.7 Å². The number of rotatable bonds is 9. The van der Waals surface area contributed by atoms with Crippen molar-refractivity contribution in [2.24, 2.45) is 0 Å². The molecule has 30 heavy (non-hydrogen) atoms. The molecule has 0 aliphatic carbocycles. The summed E-state index contributed by atoms with van der Waals surface area (Å²) in [6.45, 7) is 2.85. The second-order valence-electron chi connectivity index (χ2n) is 7.06. The lowest BCUT2D eigenvalue weighted by molar-refractivity contribution is 0.531. The fraction of sp³-hybridized carbons (Fsp3) is 0.318. The van der Waals surface area contributed by atoms with E-state index in [4.69, 9.17) is 4.98 Å². The Balaban J connectivity index is 1.62. The predicted molar refractivity (Wildman–Crippen MR) is 119 cm³/mol. The predicted octanol–water partition coefficient (Wildman–Crippen LogP) is 4.24. The van der Waals surface area contributed by atoms with Crippen LogP contribution in [-0.4, -0.2) is 29.8 Å². The fourth-order valence-corrected chi connectivity index (χ4v) is 4.28. The first-order chi connectivity index (χ1) is 14.8. The Kier molecular flexibility index (Phi) is 6.53. The Bertz CT molecular complexity index is 1170. The van der Waals surface area contributed by atoms with Crippen LogP contribution < -0.4 is 5.56 Å². The van der Waals surface area contributed by atoms with Gasteiger partial charge in [-0.05, 0) is 41.1 Å². The van der Waals surface area contributed by atoms with Crippen LogP contribution in [0.3, 0.4) is 0 Å². The smallest absolute Gasteiger partial charge is 0.262 e. The maximum absolute atomic E-state index is 13.1. The third-order valence-corrected chi connectivity index (χ3v) is 5.90. The number of hydrogen-bond donors (Lipinski definition) is 0. The average Bonchev–Trinajstić information content (AvgIpc) is 3.26. The standard InChI is InChI=1S/C22H24N6OS/c1-2-3-4-10-15-27-21(29)18-13-8-9-14-19(18)23-22(27)30-16-20-24-25-26-28(20)17-11-6-5-7-12-17/h5-9,11-14H,2-4,10,15-16H2,1H3. The number of benzene rings is 2. The van der Waals surface area contributed by atoms with Crippen LogP contribution in [-0.2, 0) is 12.3 Å². The zero-order chi connectivity index (χ0) is 20.8. The minimum atomic E-state index is 0.0160. The lowest BCUT2D eigenvalue weighted by Crippen LogP contribution is -2.23. The summed E-state index contributed by atoms with van der Waals surface area (Å²) in [5.74, 6) is 1.23. The van der Waals surface area contributed by atoms with Crippen molar-refractivity contribution in [3.05, 3.63) is 70.8 Å². The normalized spacial score (nSPS) is 11.2. The minimum Gasteiger partial charge on any atom is -0.287 e. The van der Waals surface area contributed by atoms with Gasteiger partial charge in [-0.25, -0.2) is 4.98 Å². The number of tetrazole rings is 1. The van der Waals surface area contributed by atoms with Crippen LogP contribution in [0, 0.1) is 0 Å². The molecule has 0 bridgehead atoms. The summed E-state index contributed by atoms with van der Waals surface area (Å²) in [6.07, 6.45) is 4.40. The maximum atomic E-state index is 13.1. The van der Waals surface area contributed by atoms with Gasteiger partial charge in [-0.1, -0.05) is 68.3 Å². The van der Waals surface area contributed by atoms with Gasteiger partial charge in [0.15, 0.2) is 11.0 Å². The summed E-state index contributed by atoms with van der Waals surface area (Å²) >= 11 is 1.49. The molecule has 2 aromatic heterocycles. The highest BCUT2D eigenvalue weighted by Gasteiger charge is 2.14. The molecule has 7 nitrogen and oxygen atoms in total. The third kappa shape index (κ3) is 4.43. The fourth-order valence-electron chi connectivity index (χ4n) is 3.35. The average molecular weight is 421 g/mol. The highest BCUT2D eigenvalue weighted by atomic mass is 32.2. The molecule has 2 aromatic carbocycles. The van der Waals surface area contributed by atoms with E-state index < -0.39 is 0 Å². The Morgan fingerprint density at radius 2 is 1.77 bits per heavy atom. The molecular weight excluding hydrogens is 396 g/mol. The molecule has 0 saturated carbocycles. The molecule has 8 heteroatoms. The quantitative estimate of drug-likeness (QED) is 0.229. The molecule has 0 fully saturated rings. The molecule has 4 aromatic rings. The van der Waals surface area contributed by atoms with Crippen LogP contribution in [0.25, 0.3) is 16.6 Å². The molecule has 0 spiro atoms. The number of hydrogen-bond acceptors (Lipinski definition) is 6. The van der Waals surface area contributed by atoms with E-state index >= 15 is 0 Å². The second-order valence-corrected chi connectivity index (χ2v) is 8.00. The van der Waals surface area contributed by atoms with Crippen molar-refractivity contribution in [1.29, 1.82) is 0 Å². The van der Waals surface area contributed by atoms with Gasteiger partial charge in [0.1, 0.15) is 0 Å². The maximum Gasteiger partial charge on any atom is 0.262 e. The first-order valence-electron chi connectivity index (χ1n) is 10.2. The topological polar surface area (TPSA) is 78.5 Å². The van der Waals surface area contributed by atoms with Gasteiger partial charge in [0.2, 0.25) is 0 Å². The molecule has 0 amide bonds. The molecular formula is C22H24N6OS. The molecule has 0 aliphatic rings. The summed E-state index contributed by atoms with van der Waals surface area (Å²) < 4.78 is 3.52. The molecule has 0 unspecified atom stereocenters. The number of aromatic nitrogens is 6. The SMILES string of the molecule is CCCCCCn1c(SCc2nnnn2-c2ccccc2)nc2ccccc2c1=O. The summed E-state index contributed by atoms with van der Waals surface area (Å²) in [4.78, 5) is 17.9. The van der Waals surface area contributed by atoms with Gasteiger partial charge in [0.05, 0.1) is 22.3 Å². The van der Waals surface area contributed by atoms with Crippen molar-refractivity contribution in [3.63, 3.8) is 0 Å². The van der Waals surface area contributed by atoms with Crippen molar-refractivity contribution >= 4 is 22.7 Å². The molecule has 0 atom stereocenters. The highest BCUT2D eigenvalue weighted by Crippen LogP contribution is 2.22. The van der Waals surface area contributed by atoms with Crippen LogP contribution in [0.15, 0.2) is 64.5 Å². The van der Waals surface area contributed by atoms with Crippen LogP contribution in [0.4, 0.5) is 0 Å². The van der Waals surface area contributed by atoms with E-state index in [9.17, 15) is 4.79 Å². The van der Waals surface area contributed by atoms with E-state index in [1.165, 1.54) is 18.2 Å². The summed E-state index contributed by atoms with van der Waals surface area (Å²) in [5.41, 5.74) is 1.64. The Labute approximate surface area is 179 Å². The Morgan fingerprint density at radius 3 is 2.60 bits per heavy atom. The Morgan fingerprint density at radius 1 is 0.967 bits per heavy atom. The van der Waals surface area contributed by atoms with Gasteiger partial charge in [-0.3, -0.25) is 9.36 Å². The number of para-hydroxylation sites is 2. The number of fused-ring (bicyclic) bond motifs is 1. The zero-order valence-electron chi connectivity index (χ0n) is 16.9. The second kappa shape index (κ2) is 9.67. The van der Waals surface area contributed by atoms with Gasteiger partial charge >= 0.3 is 0 Å². The van der Waals surface area contributed by atoms with Gasteiger partial charge in [0.25, 0.3) is 5.56 Å². The third-order valence-electron chi connectivity index (χ3n) is 4.93. The Hall–Kier alpha value is -3.00. The van der Waals surface area contributed by atoms with E-state index in [1.54, 1.807) is 9.25 Å². The minimum absolute atomic E-state index is 0.0160. The van der Waals surface area contributed by atoms with Crippen LogP contribution >= 0.6 is 11.8 Å². The number of thioether (sulfide) groups is 1. The highest BCUT2D eigenvalue weighted by molar-refractivity contribution is 7.98. The molecule has 0 N–H and O–H groups in total. The molecule has 0 saturated heterocycles. The molecule has 0 aliphatic heterocycles. The van der Waals surface area contributed by atoms with Crippen LogP contribution in [0.1, 0.15) is 38.4 Å². The van der Waals surface area contributed by atoms with E-state index in [2.05, 4.69) is 22.4 Å². The first kappa shape index (κ1) is 20.3. The summed E-state index contributed by atoms with van der Waals surface area (Å²) in [7, 11) is 0. The van der Waals surface area contributed by atoms with Crippen molar-refractivity contribution < 1.29 is 0 Å². The zero-order valence-corrected chi connectivity index (χ0v) is 17.8. The van der Waals surface area contributed by atoms with E-state index in [1.807, 2.05) is 54.6 Å². The van der Waals surface area contributed by atoms with Crippen molar-refractivity contribution in [1.82, 2.24) is 29.8 Å². The number of nitrogens with zero attached hydrogens (tertiary/aromatic N) is 6. The first-order valence-corrected chi connectivity index (χ1v) is 11.2. The van der Waals surface area contributed by atoms with Gasteiger partial charge in [0, 0.05) is 6.54 Å². The van der Waals surface area contributed by atoms with E-state index in [-0.39, 0.29) is 5.56 Å². The van der Waals surface area contributed by atoms with Gasteiger partial charge in [-0.2, -0.15) is 4.68 Å². The van der Waals surface area contributed by atoms with Crippen LogP contribution in [0.2, 0.25) is 0 Å². The largest absolute Gasteiger partial charge is 0.287 e. The lowest BCUT2D eigenvalue weighted by atomic mass is 10.2.